The number of para-hydroxylation sites is 1. The summed E-state index contributed by atoms with van der Waals surface area (Å²) in [6, 6.07) is 8.71. The number of hydrogen-bond acceptors (Lipinski definition) is 3. The molecule has 132 valence electrons. The van der Waals surface area contributed by atoms with E-state index < -0.39 is 0 Å². The van der Waals surface area contributed by atoms with Crippen LogP contribution in [0.15, 0.2) is 30.5 Å². The number of carbonyl (C=O) groups is 1. The normalized spacial score (nSPS) is 20.0. The topological polar surface area (TPSA) is 52.2 Å². The number of amides is 1. The zero-order valence-electron chi connectivity index (χ0n) is 14.9. The molecule has 1 aromatic carbocycles. The number of nitrogens with one attached hydrogen (secondary N) is 1. The number of fused-ring (bicyclic) bond motifs is 1. The summed E-state index contributed by atoms with van der Waals surface area (Å²) in [5.74, 6) is 0.267. The SMILES string of the molecule is Cc1cn[nH]c1[C@@H]1CCCCN1C(=O)CCN1CCc2ccccc21. The van der Waals surface area contributed by atoms with Crippen molar-refractivity contribution in [3.8, 4) is 0 Å². The fourth-order valence-electron chi connectivity index (χ4n) is 4.24. The quantitative estimate of drug-likeness (QED) is 0.931. The summed E-state index contributed by atoms with van der Waals surface area (Å²) in [6.45, 7) is 4.76. The van der Waals surface area contributed by atoms with Crippen molar-refractivity contribution in [3.63, 3.8) is 0 Å². The number of nitrogens with zero attached hydrogens (tertiary/aromatic N) is 3. The number of piperidine rings is 1. The Morgan fingerprint density at radius 2 is 2.16 bits per heavy atom. The van der Waals surface area contributed by atoms with E-state index >= 15 is 0 Å². The van der Waals surface area contributed by atoms with E-state index in [4.69, 9.17) is 0 Å². The number of hydrogen-bond donors (Lipinski definition) is 1. The molecule has 3 heterocycles. The molecule has 0 spiro atoms. The third kappa shape index (κ3) is 3.15. The lowest BCUT2D eigenvalue weighted by atomic mass is 9.97. The molecule has 2 aromatic rings. The smallest absolute Gasteiger partial charge is 0.224 e. The fourth-order valence-corrected chi connectivity index (χ4v) is 4.24. The molecule has 25 heavy (non-hydrogen) atoms. The van der Waals surface area contributed by atoms with Crippen molar-refractivity contribution in [2.24, 2.45) is 0 Å². The van der Waals surface area contributed by atoms with Crippen LogP contribution in [0.25, 0.3) is 0 Å². The molecule has 1 aromatic heterocycles. The highest BCUT2D eigenvalue weighted by molar-refractivity contribution is 5.77. The molecule has 1 fully saturated rings. The minimum atomic E-state index is 0.162. The van der Waals surface area contributed by atoms with Gasteiger partial charge in [-0.15, -0.1) is 0 Å². The Balaban J connectivity index is 1.42. The first-order valence-electron chi connectivity index (χ1n) is 9.36. The molecular weight excluding hydrogens is 312 g/mol. The maximum Gasteiger partial charge on any atom is 0.224 e. The molecule has 1 atom stereocenters. The molecule has 0 bridgehead atoms. The van der Waals surface area contributed by atoms with Crippen LogP contribution in [-0.4, -0.2) is 40.6 Å². The summed E-state index contributed by atoms with van der Waals surface area (Å²) in [5, 5.41) is 7.27. The van der Waals surface area contributed by atoms with Gasteiger partial charge in [-0.1, -0.05) is 18.2 Å². The van der Waals surface area contributed by atoms with E-state index in [1.165, 1.54) is 17.7 Å². The third-order valence-electron chi connectivity index (χ3n) is 5.60. The van der Waals surface area contributed by atoms with Gasteiger partial charge in [0.15, 0.2) is 0 Å². The average Bonchev–Trinajstić information content (AvgIpc) is 3.26. The molecular formula is C20H26N4O. The highest BCUT2D eigenvalue weighted by atomic mass is 16.2. The van der Waals surface area contributed by atoms with Crippen LogP contribution in [-0.2, 0) is 11.2 Å². The highest BCUT2D eigenvalue weighted by Gasteiger charge is 2.30. The molecule has 5 heteroatoms. The van der Waals surface area contributed by atoms with Crippen LogP contribution < -0.4 is 4.90 Å². The molecule has 1 N–H and O–H groups in total. The van der Waals surface area contributed by atoms with Gasteiger partial charge in [0.05, 0.1) is 17.9 Å². The van der Waals surface area contributed by atoms with E-state index in [1.807, 2.05) is 6.20 Å². The number of aromatic nitrogens is 2. The van der Waals surface area contributed by atoms with Crippen LogP contribution in [0.5, 0.6) is 0 Å². The Kier molecular flexibility index (Phi) is 4.47. The number of carbonyl (C=O) groups excluding carboxylic acids is 1. The first kappa shape index (κ1) is 16.2. The van der Waals surface area contributed by atoms with Gasteiger partial charge in [-0.2, -0.15) is 5.10 Å². The van der Waals surface area contributed by atoms with Gasteiger partial charge in [-0.25, -0.2) is 0 Å². The summed E-state index contributed by atoms with van der Waals surface area (Å²) in [4.78, 5) is 17.4. The maximum atomic E-state index is 12.9. The van der Waals surface area contributed by atoms with Crippen molar-refractivity contribution < 1.29 is 4.79 Å². The second kappa shape index (κ2) is 6.90. The zero-order valence-corrected chi connectivity index (χ0v) is 14.9. The van der Waals surface area contributed by atoms with Crippen molar-refractivity contribution in [1.29, 1.82) is 0 Å². The number of aromatic amines is 1. The van der Waals surface area contributed by atoms with Crippen LogP contribution in [0.1, 0.15) is 48.5 Å². The first-order valence-corrected chi connectivity index (χ1v) is 9.36. The van der Waals surface area contributed by atoms with Crippen molar-refractivity contribution in [3.05, 3.63) is 47.3 Å². The van der Waals surface area contributed by atoms with E-state index in [1.54, 1.807) is 0 Å². The molecule has 4 rings (SSSR count). The number of H-pyrrole nitrogens is 1. The number of anilines is 1. The first-order chi connectivity index (χ1) is 12.2. The van der Waals surface area contributed by atoms with Gasteiger partial charge < -0.3 is 9.80 Å². The predicted molar refractivity (Wildman–Crippen MR) is 98.6 cm³/mol. The van der Waals surface area contributed by atoms with Crippen LogP contribution >= 0.6 is 0 Å². The number of benzene rings is 1. The van der Waals surface area contributed by atoms with Gasteiger partial charge in [-0.3, -0.25) is 9.89 Å². The molecule has 2 aliphatic heterocycles. The molecule has 0 unspecified atom stereocenters. The van der Waals surface area contributed by atoms with Gasteiger partial charge in [0.2, 0.25) is 5.91 Å². The predicted octanol–water partition coefficient (Wildman–Crippen LogP) is 3.22. The lowest BCUT2D eigenvalue weighted by Gasteiger charge is -2.36. The van der Waals surface area contributed by atoms with E-state index in [2.05, 4.69) is 51.2 Å². The molecule has 5 nitrogen and oxygen atoms in total. The maximum absolute atomic E-state index is 12.9. The zero-order chi connectivity index (χ0) is 17.2. The van der Waals surface area contributed by atoms with Crippen molar-refractivity contribution >= 4 is 11.6 Å². The summed E-state index contributed by atoms with van der Waals surface area (Å²) in [5.41, 5.74) is 4.96. The average molecular weight is 338 g/mol. The van der Waals surface area contributed by atoms with E-state index in [0.29, 0.717) is 6.42 Å². The molecule has 0 aliphatic carbocycles. The Hall–Kier alpha value is -2.30. The Labute approximate surface area is 149 Å². The van der Waals surface area contributed by atoms with Gasteiger partial charge in [0.25, 0.3) is 0 Å². The standard InChI is InChI=1S/C20H26N4O/c1-15-14-21-22-20(15)18-8-4-5-11-24(18)19(25)10-13-23-12-9-16-6-2-3-7-17(16)23/h2-3,6-7,14,18H,4-5,8-13H2,1H3,(H,21,22)/t18-/m0/s1. The van der Waals surface area contributed by atoms with Gasteiger partial charge in [-0.05, 0) is 49.8 Å². The fraction of sp³-hybridized carbons (Fsp3) is 0.500. The summed E-state index contributed by atoms with van der Waals surface area (Å²) < 4.78 is 0. The summed E-state index contributed by atoms with van der Waals surface area (Å²) in [6.07, 6.45) is 6.82. The molecule has 0 saturated carbocycles. The van der Waals surface area contributed by atoms with Crippen LogP contribution in [0.2, 0.25) is 0 Å². The van der Waals surface area contributed by atoms with Crippen LogP contribution in [0, 0.1) is 6.92 Å². The second-order valence-electron chi connectivity index (χ2n) is 7.18. The summed E-state index contributed by atoms with van der Waals surface area (Å²) >= 11 is 0. The van der Waals surface area contributed by atoms with Crippen molar-refractivity contribution in [1.82, 2.24) is 15.1 Å². The molecule has 1 saturated heterocycles. The third-order valence-corrected chi connectivity index (χ3v) is 5.60. The van der Waals surface area contributed by atoms with E-state index in [-0.39, 0.29) is 11.9 Å². The highest BCUT2D eigenvalue weighted by Crippen LogP contribution is 2.32. The van der Waals surface area contributed by atoms with E-state index in [9.17, 15) is 4.79 Å². The Morgan fingerprint density at radius 3 is 3.00 bits per heavy atom. The lowest BCUT2D eigenvalue weighted by molar-refractivity contribution is -0.135. The van der Waals surface area contributed by atoms with Crippen LogP contribution in [0.4, 0.5) is 5.69 Å². The van der Waals surface area contributed by atoms with Gasteiger partial charge >= 0.3 is 0 Å². The number of aryl methyl sites for hydroxylation is 1. The largest absolute Gasteiger partial charge is 0.370 e. The monoisotopic (exact) mass is 338 g/mol. The van der Waals surface area contributed by atoms with E-state index in [0.717, 1.165) is 50.2 Å². The summed E-state index contributed by atoms with van der Waals surface area (Å²) in [7, 11) is 0. The lowest BCUT2D eigenvalue weighted by Crippen LogP contribution is -2.40. The minimum absolute atomic E-state index is 0.162. The van der Waals surface area contributed by atoms with Gasteiger partial charge in [0.1, 0.15) is 0 Å². The molecule has 0 radical (unpaired) electrons. The number of likely N-dealkylation sites (tertiary alicyclic amines) is 1. The second-order valence-corrected chi connectivity index (χ2v) is 7.18. The minimum Gasteiger partial charge on any atom is -0.370 e. The Bertz CT molecular complexity index is 754. The van der Waals surface area contributed by atoms with Gasteiger partial charge in [0, 0.05) is 31.7 Å². The van der Waals surface area contributed by atoms with Crippen molar-refractivity contribution in [2.75, 3.05) is 24.5 Å². The number of rotatable bonds is 4. The molecule has 2 aliphatic rings. The molecule has 1 amide bonds. The Morgan fingerprint density at radius 1 is 1.28 bits per heavy atom. The van der Waals surface area contributed by atoms with Crippen molar-refractivity contribution in [2.45, 2.75) is 45.1 Å². The van der Waals surface area contributed by atoms with Crippen LogP contribution in [0.3, 0.4) is 0 Å².